The third-order valence-electron chi connectivity index (χ3n) is 3.58. The second-order valence-electron chi connectivity index (χ2n) is 5.63. The van der Waals surface area contributed by atoms with Crippen LogP contribution in [0.4, 0.5) is 17.5 Å². The summed E-state index contributed by atoms with van der Waals surface area (Å²) in [4.78, 5) is 8.91. The number of benzene rings is 2. The number of para-hydroxylation sites is 1. The Bertz CT molecular complexity index is 868. The predicted octanol–water partition coefficient (Wildman–Crippen LogP) is 5.49. The number of hydrogen-bond acceptors (Lipinski definition) is 4. The molecule has 0 amide bonds. The van der Waals surface area contributed by atoms with E-state index < -0.39 is 0 Å². The van der Waals surface area contributed by atoms with Gasteiger partial charge in [-0.1, -0.05) is 47.5 Å². The Kier molecular flexibility index (Phi) is 5.74. The minimum Gasteiger partial charge on any atom is -0.370 e. The van der Waals surface area contributed by atoms with Crippen molar-refractivity contribution in [1.82, 2.24) is 9.97 Å². The maximum Gasteiger partial charge on any atom is 0.229 e. The molecule has 0 unspecified atom stereocenters. The molecule has 3 aromatic rings. The molecule has 0 saturated carbocycles. The van der Waals surface area contributed by atoms with Gasteiger partial charge in [-0.15, -0.1) is 0 Å². The van der Waals surface area contributed by atoms with Crippen LogP contribution < -0.4 is 10.6 Å². The van der Waals surface area contributed by atoms with Crippen molar-refractivity contribution in [1.29, 1.82) is 0 Å². The Morgan fingerprint density at radius 2 is 1.80 bits per heavy atom. The zero-order valence-corrected chi connectivity index (χ0v) is 15.3. The summed E-state index contributed by atoms with van der Waals surface area (Å²) >= 11 is 12.2. The molecule has 2 N–H and O–H groups in total. The number of aromatic nitrogens is 2. The molecule has 0 aliphatic rings. The van der Waals surface area contributed by atoms with Crippen LogP contribution in [0.15, 0.2) is 54.6 Å². The molecule has 25 heavy (non-hydrogen) atoms. The largest absolute Gasteiger partial charge is 0.370 e. The summed E-state index contributed by atoms with van der Waals surface area (Å²) in [6, 6.07) is 17.3. The number of nitrogens with one attached hydrogen (secondary N) is 2. The third-order valence-corrected chi connectivity index (χ3v) is 4.15. The van der Waals surface area contributed by atoms with Crippen LogP contribution in [0.25, 0.3) is 0 Å². The molecular weight excluding hydrogens is 355 g/mol. The number of nitrogens with zero attached hydrogens (tertiary/aromatic N) is 2. The van der Waals surface area contributed by atoms with Crippen LogP contribution in [-0.4, -0.2) is 16.5 Å². The second-order valence-corrected chi connectivity index (χ2v) is 6.47. The number of aryl methyl sites for hydroxylation is 1. The van der Waals surface area contributed by atoms with Crippen LogP contribution >= 0.6 is 23.2 Å². The van der Waals surface area contributed by atoms with Gasteiger partial charge < -0.3 is 10.6 Å². The highest BCUT2D eigenvalue weighted by atomic mass is 35.5. The Labute approximate surface area is 157 Å². The minimum absolute atomic E-state index is 0.512. The summed E-state index contributed by atoms with van der Waals surface area (Å²) in [5.74, 6) is 1.28. The van der Waals surface area contributed by atoms with Crippen molar-refractivity contribution >= 4 is 40.7 Å². The van der Waals surface area contributed by atoms with E-state index in [1.807, 2.05) is 55.5 Å². The summed E-state index contributed by atoms with van der Waals surface area (Å²) < 4.78 is 0. The van der Waals surface area contributed by atoms with Gasteiger partial charge in [-0.3, -0.25) is 0 Å². The van der Waals surface area contributed by atoms with Crippen LogP contribution in [0.2, 0.25) is 10.0 Å². The normalized spacial score (nSPS) is 10.5. The van der Waals surface area contributed by atoms with E-state index in [1.165, 1.54) is 5.56 Å². The van der Waals surface area contributed by atoms with Gasteiger partial charge in [-0.25, -0.2) is 4.98 Å². The van der Waals surface area contributed by atoms with Crippen LogP contribution in [0.5, 0.6) is 0 Å². The van der Waals surface area contributed by atoms with Crippen molar-refractivity contribution in [2.24, 2.45) is 0 Å². The van der Waals surface area contributed by atoms with Crippen LogP contribution in [0.1, 0.15) is 11.3 Å². The molecule has 3 rings (SSSR count). The van der Waals surface area contributed by atoms with Gasteiger partial charge in [0.15, 0.2) is 0 Å². The molecule has 6 heteroatoms. The van der Waals surface area contributed by atoms with Crippen molar-refractivity contribution < 1.29 is 0 Å². The minimum atomic E-state index is 0.512. The molecule has 2 aromatic carbocycles. The van der Waals surface area contributed by atoms with Crippen molar-refractivity contribution in [3.63, 3.8) is 0 Å². The molecule has 128 valence electrons. The summed E-state index contributed by atoms with van der Waals surface area (Å²) in [7, 11) is 0. The van der Waals surface area contributed by atoms with Crippen LogP contribution in [0, 0.1) is 6.92 Å². The smallest absolute Gasteiger partial charge is 0.229 e. The van der Waals surface area contributed by atoms with E-state index in [2.05, 4.69) is 26.7 Å². The van der Waals surface area contributed by atoms with Gasteiger partial charge in [0.05, 0.1) is 10.7 Å². The lowest BCUT2D eigenvalue weighted by Gasteiger charge is -2.11. The molecule has 0 fully saturated rings. The molecule has 0 aliphatic heterocycles. The number of halogens is 2. The molecule has 0 saturated heterocycles. The third kappa shape index (κ3) is 5.08. The van der Waals surface area contributed by atoms with Gasteiger partial charge >= 0.3 is 0 Å². The molecule has 0 aliphatic carbocycles. The maximum absolute atomic E-state index is 6.17. The average Bonchev–Trinajstić information content (AvgIpc) is 2.57. The first-order valence-corrected chi connectivity index (χ1v) is 8.71. The second kappa shape index (κ2) is 8.19. The first kappa shape index (κ1) is 17.5. The van der Waals surface area contributed by atoms with Crippen molar-refractivity contribution in [3.05, 3.63) is 75.9 Å². The van der Waals surface area contributed by atoms with Gasteiger partial charge in [0.1, 0.15) is 5.82 Å². The summed E-state index contributed by atoms with van der Waals surface area (Å²) in [5.41, 5.74) is 2.83. The molecule has 0 radical (unpaired) electrons. The first-order valence-electron chi connectivity index (χ1n) is 7.96. The lowest BCUT2D eigenvalue weighted by molar-refractivity contribution is 0.995. The molecule has 1 heterocycles. The SMILES string of the molecule is Cc1cc(NCCc2cccc(Cl)c2)nc(Nc2ccccc2Cl)n1. The fraction of sp³-hybridized carbons (Fsp3) is 0.158. The fourth-order valence-corrected chi connectivity index (χ4v) is 2.82. The summed E-state index contributed by atoms with van der Waals surface area (Å²) in [5, 5.41) is 7.86. The van der Waals surface area contributed by atoms with E-state index in [0.29, 0.717) is 11.0 Å². The fourth-order valence-electron chi connectivity index (χ4n) is 2.43. The Balaban J connectivity index is 1.66. The van der Waals surface area contributed by atoms with E-state index in [-0.39, 0.29) is 0 Å². The van der Waals surface area contributed by atoms with Gasteiger partial charge in [0.25, 0.3) is 0 Å². The molecule has 4 nitrogen and oxygen atoms in total. The molecule has 1 aromatic heterocycles. The zero-order chi connectivity index (χ0) is 17.6. The van der Waals surface area contributed by atoms with E-state index in [1.54, 1.807) is 0 Å². The topological polar surface area (TPSA) is 49.8 Å². The van der Waals surface area contributed by atoms with E-state index in [0.717, 1.165) is 35.2 Å². The van der Waals surface area contributed by atoms with Gasteiger partial charge in [-0.2, -0.15) is 4.98 Å². The summed E-state index contributed by atoms with van der Waals surface area (Å²) in [6.45, 7) is 2.68. The number of hydrogen-bond donors (Lipinski definition) is 2. The van der Waals surface area contributed by atoms with Gasteiger partial charge in [0.2, 0.25) is 5.95 Å². The Morgan fingerprint density at radius 1 is 0.960 bits per heavy atom. The van der Waals surface area contributed by atoms with E-state index in [4.69, 9.17) is 23.2 Å². The quantitative estimate of drug-likeness (QED) is 0.600. The highest BCUT2D eigenvalue weighted by molar-refractivity contribution is 6.33. The van der Waals surface area contributed by atoms with Gasteiger partial charge in [0, 0.05) is 23.3 Å². The van der Waals surface area contributed by atoms with Crippen molar-refractivity contribution in [3.8, 4) is 0 Å². The maximum atomic E-state index is 6.17. The number of rotatable bonds is 6. The first-order chi connectivity index (χ1) is 12.1. The number of anilines is 3. The average molecular weight is 373 g/mol. The van der Waals surface area contributed by atoms with Gasteiger partial charge in [-0.05, 0) is 43.2 Å². The monoisotopic (exact) mass is 372 g/mol. The van der Waals surface area contributed by atoms with E-state index in [9.17, 15) is 0 Å². The Hall–Kier alpha value is -2.30. The van der Waals surface area contributed by atoms with Crippen molar-refractivity contribution in [2.45, 2.75) is 13.3 Å². The van der Waals surface area contributed by atoms with Crippen molar-refractivity contribution in [2.75, 3.05) is 17.2 Å². The zero-order valence-electron chi connectivity index (χ0n) is 13.8. The predicted molar refractivity (Wildman–Crippen MR) is 105 cm³/mol. The molecule has 0 atom stereocenters. The molecule has 0 bridgehead atoms. The molecule has 0 spiro atoms. The molecular formula is C19H18Cl2N4. The van der Waals surface area contributed by atoms with E-state index >= 15 is 0 Å². The highest BCUT2D eigenvalue weighted by Gasteiger charge is 2.05. The van der Waals surface area contributed by atoms with Crippen LogP contribution in [0.3, 0.4) is 0 Å². The highest BCUT2D eigenvalue weighted by Crippen LogP contribution is 2.24. The van der Waals surface area contributed by atoms with Crippen LogP contribution in [-0.2, 0) is 6.42 Å². The summed E-state index contributed by atoms with van der Waals surface area (Å²) in [6.07, 6.45) is 0.858. The lowest BCUT2D eigenvalue weighted by Crippen LogP contribution is -2.08. The standard InChI is InChI=1S/C19H18Cl2N4/c1-13-11-18(22-10-9-14-5-4-6-15(20)12-14)25-19(23-13)24-17-8-3-2-7-16(17)21/h2-8,11-12H,9-10H2,1H3,(H2,22,23,24,25). The Morgan fingerprint density at radius 3 is 2.60 bits per heavy atom. The lowest BCUT2D eigenvalue weighted by atomic mass is 10.1.